The van der Waals surface area contributed by atoms with E-state index in [1.54, 1.807) is 17.6 Å². The molecule has 0 saturated heterocycles. The lowest BCUT2D eigenvalue weighted by molar-refractivity contribution is 0.576. The van der Waals surface area contributed by atoms with E-state index >= 15 is 0 Å². The monoisotopic (exact) mass is 468 g/mol. The van der Waals surface area contributed by atoms with Gasteiger partial charge in [0.2, 0.25) is 0 Å². The Labute approximate surface area is 168 Å². The van der Waals surface area contributed by atoms with Gasteiger partial charge in [0.25, 0.3) is 0 Å². The van der Waals surface area contributed by atoms with Crippen molar-refractivity contribution >= 4 is 41.3 Å². The van der Waals surface area contributed by atoms with E-state index in [4.69, 9.17) is 4.42 Å². The summed E-state index contributed by atoms with van der Waals surface area (Å²) >= 11 is 1.58. The van der Waals surface area contributed by atoms with Crippen LogP contribution in [0.1, 0.15) is 11.3 Å². The second kappa shape index (κ2) is 9.57. The Morgan fingerprint density at radius 2 is 2.00 bits per heavy atom. The molecule has 0 spiro atoms. The normalized spacial score (nSPS) is 11.0. The lowest BCUT2D eigenvalue weighted by Gasteiger charge is -2.17. The van der Waals surface area contributed by atoms with Gasteiger partial charge in [0.1, 0.15) is 0 Å². The lowest BCUT2D eigenvalue weighted by atomic mass is 10.2. The van der Waals surface area contributed by atoms with Crippen LogP contribution in [0, 0.1) is 0 Å². The minimum absolute atomic E-state index is 0. The molecule has 0 aliphatic heterocycles. The minimum atomic E-state index is 0. The van der Waals surface area contributed by atoms with Crippen molar-refractivity contribution in [2.24, 2.45) is 4.99 Å². The van der Waals surface area contributed by atoms with E-state index in [9.17, 15) is 0 Å². The molecule has 0 fully saturated rings. The van der Waals surface area contributed by atoms with Gasteiger partial charge in [-0.25, -0.2) is 9.98 Å². The van der Waals surface area contributed by atoms with E-state index < -0.39 is 0 Å². The maximum atomic E-state index is 5.38. The number of halogens is 1. The largest absolute Gasteiger partial charge is 0.462 e. The first-order chi connectivity index (χ1) is 11.7. The Bertz CT molecular complexity index is 785. The van der Waals surface area contributed by atoms with Crippen LogP contribution in [-0.4, -0.2) is 29.9 Å². The average molecular weight is 468 g/mol. The van der Waals surface area contributed by atoms with Crippen LogP contribution < -0.4 is 5.32 Å². The first kappa shape index (κ1) is 19.5. The summed E-state index contributed by atoms with van der Waals surface area (Å²) in [6.45, 7) is 1.28. The van der Waals surface area contributed by atoms with Gasteiger partial charge in [0, 0.05) is 19.5 Å². The van der Waals surface area contributed by atoms with Gasteiger partial charge in [0.15, 0.2) is 16.7 Å². The van der Waals surface area contributed by atoms with E-state index in [1.165, 1.54) is 5.56 Å². The summed E-state index contributed by atoms with van der Waals surface area (Å²) in [6, 6.07) is 14.0. The zero-order valence-electron chi connectivity index (χ0n) is 14.2. The van der Waals surface area contributed by atoms with Crippen LogP contribution in [0.4, 0.5) is 0 Å². The standard InChI is InChI=1S/C18H20N4OS.HI/c1-22(2)18(19-11-14-7-4-3-5-8-14)20-12-15-13-24-17(21-15)16-9-6-10-23-16;/h3-10,13H,11-12H2,1-2H3,(H,19,20);1H. The summed E-state index contributed by atoms with van der Waals surface area (Å²) in [4.78, 5) is 11.2. The molecule has 5 nitrogen and oxygen atoms in total. The fraction of sp³-hybridized carbons (Fsp3) is 0.222. The number of nitrogens with one attached hydrogen (secondary N) is 1. The number of rotatable bonds is 5. The molecule has 3 aromatic rings. The molecular weight excluding hydrogens is 447 g/mol. The number of aromatic nitrogens is 1. The molecule has 2 aromatic heterocycles. The zero-order chi connectivity index (χ0) is 16.8. The molecule has 1 aromatic carbocycles. The van der Waals surface area contributed by atoms with Crippen LogP contribution in [0.2, 0.25) is 0 Å². The molecule has 0 radical (unpaired) electrons. The van der Waals surface area contributed by atoms with Crippen molar-refractivity contribution in [3.63, 3.8) is 0 Å². The van der Waals surface area contributed by atoms with Crippen LogP contribution in [0.3, 0.4) is 0 Å². The molecule has 0 atom stereocenters. The van der Waals surface area contributed by atoms with E-state index in [0.29, 0.717) is 13.1 Å². The molecular formula is C18H21IN4OS. The Morgan fingerprint density at radius 3 is 2.68 bits per heavy atom. The maximum Gasteiger partial charge on any atom is 0.194 e. The summed E-state index contributed by atoms with van der Waals surface area (Å²) in [5.74, 6) is 1.64. The highest BCUT2D eigenvalue weighted by Gasteiger charge is 2.08. The van der Waals surface area contributed by atoms with Gasteiger partial charge in [-0.15, -0.1) is 35.3 Å². The van der Waals surface area contributed by atoms with E-state index in [2.05, 4.69) is 27.4 Å². The van der Waals surface area contributed by atoms with Gasteiger partial charge in [-0.3, -0.25) is 0 Å². The van der Waals surface area contributed by atoms with Crippen LogP contribution in [0.15, 0.2) is 63.5 Å². The molecule has 0 saturated carbocycles. The molecule has 0 unspecified atom stereocenters. The number of nitrogens with zero attached hydrogens (tertiary/aromatic N) is 3. The van der Waals surface area contributed by atoms with E-state index in [1.807, 2.05) is 54.7 Å². The smallest absolute Gasteiger partial charge is 0.194 e. The molecule has 0 bridgehead atoms. The number of benzene rings is 1. The average Bonchev–Trinajstić information content (AvgIpc) is 3.27. The number of guanidine groups is 1. The second-order valence-electron chi connectivity index (χ2n) is 5.49. The number of furan rings is 1. The van der Waals surface area contributed by atoms with Crippen LogP contribution in [0.5, 0.6) is 0 Å². The Kier molecular flexibility index (Phi) is 7.45. The van der Waals surface area contributed by atoms with Gasteiger partial charge in [0.05, 0.1) is 25.0 Å². The third-order valence-corrected chi connectivity index (χ3v) is 4.29. The molecule has 7 heteroatoms. The van der Waals surface area contributed by atoms with Gasteiger partial charge in [-0.1, -0.05) is 30.3 Å². The molecule has 0 aliphatic rings. The predicted octanol–water partition coefficient (Wildman–Crippen LogP) is 4.23. The quantitative estimate of drug-likeness (QED) is 0.346. The van der Waals surface area contributed by atoms with E-state index in [-0.39, 0.29) is 24.0 Å². The molecule has 1 N–H and O–H groups in total. The van der Waals surface area contributed by atoms with Crippen molar-refractivity contribution < 1.29 is 4.42 Å². The Morgan fingerprint density at radius 1 is 1.20 bits per heavy atom. The Hall–Kier alpha value is -1.87. The first-order valence-electron chi connectivity index (χ1n) is 7.70. The Balaban J connectivity index is 0.00000225. The van der Waals surface area contributed by atoms with Crippen molar-refractivity contribution in [2.45, 2.75) is 13.1 Å². The summed E-state index contributed by atoms with van der Waals surface area (Å²) in [5, 5.41) is 6.28. The van der Waals surface area contributed by atoms with Crippen LogP contribution >= 0.6 is 35.3 Å². The highest BCUT2D eigenvalue weighted by Crippen LogP contribution is 2.23. The SMILES string of the molecule is CN(C)C(=NCc1ccccc1)NCc1csc(-c2ccco2)n1.I. The van der Waals surface area contributed by atoms with Crippen molar-refractivity contribution in [1.82, 2.24) is 15.2 Å². The number of aliphatic imine (C=N–C) groups is 1. The van der Waals surface area contributed by atoms with Crippen molar-refractivity contribution in [1.29, 1.82) is 0 Å². The lowest BCUT2D eigenvalue weighted by Crippen LogP contribution is -2.36. The zero-order valence-corrected chi connectivity index (χ0v) is 17.3. The van der Waals surface area contributed by atoms with Crippen molar-refractivity contribution in [3.05, 3.63) is 65.4 Å². The topological polar surface area (TPSA) is 53.7 Å². The first-order valence-corrected chi connectivity index (χ1v) is 8.58. The summed E-state index contributed by atoms with van der Waals surface area (Å²) in [7, 11) is 3.96. The van der Waals surface area contributed by atoms with Gasteiger partial charge in [-0.05, 0) is 17.7 Å². The van der Waals surface area contributed by atoms with Crippen LogP contribution in [0.25, 0.3) is 10.8 Å². The molecule has 0 amide bonds. The van der Waals surface area contributed by atoms with Crippen molar-refractivity contribution in [2.75, 3.05) is 14.1 Å². The maximum absolute atomic E-state index is 5.38. The number of thiazole rings is 1. The highest BCUT2D eigenvalue weighted by atomic mass is 127. The molecule has 0 aliphatic carbocycles. The highest BCUT2D eigenvalue weighted by molar-refractivity contribution is 14.0. The third-order valence-electron chi connectivity index (χ3n) is 3.39. The van der Waals surface area contributed by atoms with E-state index in [0.717, 1.165) is 22.4 Å². The van der Waals surface area contributed by atoms with Gasteiger partial charge < -0.3 is 14.6 Å². The molecule has 25 heavy (non-hydrogen) atoms. The third kappa shape index (κ3) is 5.57. The molecule has 132 valence electrons. The number of hydrogen-bond acceptors (Lipinski definition) is 4. The minimum Gasteiger partial charge on any atom is -0.462 e. The van der Waals surface area contributed by atoms with Crippen molar-refractivity contribution in [3.8, 4) is 10.8 Å². The fourth-order valence-corrected chi connectivity index (χ4v) is 2.96. The van der Waals surface area contributed by atoms with Gasteiger partial charge in [-0.2, -0.15) is 0 Å². The summed E-state index contributed by atoms with van der Waals surface area (Å²) in [5.41, 5.74) is 2.16. The summed E-state index contributed by atoms with van der Waals surface area (Å²) in [6.07, 6.45) is 1.66. The molecule has 3 rings (SSSR count). The van der Waals surface area contributed by atoms with Crippen LogP contribution in [-0.2, 0) is 13.1 Å². The number of hydrogen-bond donors (Lipinski definition) is 1. The fourth-order valence-electron chi connectivity index (χ4n) is 2.18. The predicted molar refractivity (Wildman–Crippen MR) is 113 cm³/mol. The second-order valence-corrected chi connectivity index (χ2v) is 6.35. The summed E-state index contributed by atoms with van der Waals surface area (Å²) < 4.78 is 5.38. The van der Waals surface area contributed by atoms with Gasteiger partial charge >= 0.3 is 0 Å². The molecule has 2 heterocycles.